The number of methoxy groups -OCH3 is 2. The second kappa shape index (κ2) is 8.07. The zero-order valence-electron chi connectivity index (χ0n) is 14.7. The van der Waals surface area contributed by atoms with Gasteiger partial charge in [0.15, 0.2) is 6.29 Å². The van der Waals surface area contributed by atoms with E-state index in [4.69, 9.17) is 18.9 Å². The molecule has 2 aromatic carbocycles. The number of aromatic hydroxyl groups is 1. The van der Waals surface area contributed by atoms with E-state index in [1.54, 1.807) is 30.3 Å². The monoisotopic (exact) mass is 359 g/mol. The maximum atomic E-state index is 12.6. The Morgan fingerprint density at radius 3 is 2.35 bits per heavy atom. The minimum atomic E-state index is -0.503. The fourth-order valence-corrected chi connectivity index (χ4v) is 2.61. The Morgan fingerprint density at radius 1 is 1.08 bits per heavy atom. The Morgan fingerprint density at radius 2 is 1.73 bits per heavy atom. The molecular formula is C19H21NO6. The predicted molar refractivity (Wildman–Crippen MR) is 94.9 cm³/mol. The Labute approximate surface area is 151 Å². The average molecular weight is 359 g/mol. The van der Waals surface area contributed by atoms with Crippen LogP contribution in [0.25, 0.3) is 0 Å². The van der Waals surface area contributed by atoms with Crippen LogP contribution in [-0.2, 0) is 9.47 Å². The molecule has 26 heavy (non-hydrogen) atoms. The van der Waals surface area contributed by atoms with Gasteiger partial charge in [-0.1, -0.05) is 6.07 Å². The summed E-state index contributed by atoms with van der Waals surface area (Å²) in [5, 5.41) is 12.8. The van der Waals surface area contributed by atoms with E-state index in [0.717, 1.165) is 12.0 Å². The number of anilines is 1. The molecule has 1 amide bonds. The molecule has 0 bridgehead atoms. The first-order valence-corrected chi connectivity index (χ1v) is 8.21. The standard InChI is InChI=1S/C19H21NO6/c1-23-14-8-13(9-15(11-14)24-2)18(22)20-16-10-12(4-5-17(16)21)19-25-6-3-7-26-19/h4-5,8-11,19,21H,3,6-7H2,1-2H3,(H,20,22). The molecule has 7 heteroatoms. The van der Waals surface area contributed by atoms with Crippen molar-refractivity contribution in [1.82, 2.24) is 0 Å². The lowest BCUT2D eigenvalue weighted by Gasteiger charge is -2.24. The first-order chi connectivity index (χ1) is 12.6. The molecule has 7 nitrogen and oxygen atoms in total. The van der Waals surface area contributed by atoms with Crippen molar-refractivity contribution >= 4 is 11.6 Å². The summed E-state index contributed by atoms with van der Waals surface area (Å²) in [5.74, 6) is 0.542. The van der Waals surface area contributed by atoms with Crippen LogP contribution in [0.1, 0.15) is 28.6 Å². The topological polar surface area (TPSA) is 86.3 Å². The van der Waals surface area contributed by atoms with Gasteiger partial charge in [0.2, 0.25) is 0 Å². The van der Waals surface area contributed by atoms with Gasteiger partial charge < -0.3 is 29.4 Å². The highest BCUT2D eigenvalue weighted by Gasteiger charge is 2.19. The molecule has 1 fully saturated rings. The largest absolute Gasteiger partial charge is 0.506 e. The van der Waals surface area contributed by atoms with Gasteiger partial charge in [0, 0.05) is 17.2 Å². The quantitative estimate of drug-likeness (QED) is 0.798. The third kappa shape index (κ3) is 4.07. The molecule has 0 spiro atoms. The van der Waals surface area contributed by atoms with Gasteiger partial charge in [0.05, 0.1) is 33.1 Å². The van der Waals surface area contributed by atoms with Crippen molar-refractivity contribution in [1.29, 1.82) is 0 Å². The van der Waals surface area contributed by atoms with Crippen LogP contribution >= 0.6 is 0 Å². The van der Waals surface area contributed by atoms with Crippen LogP contribution in [0.2, 0.25) is 0 Å². The molecule has 138 valence electrons. The van der Waals surface area contributed by atoms with Crippen LogP contribution in [0.5, 0.6) is 17.2 Å². The number of hydrogen-bond acceptors (Lipinski definition) is 6. The summed E-state index contributed by atoms with van der Waals surface area (Å²) in [5.41, 5.74) is 1.34. The van der Waals surface area contributed by atoms with E-state index < -0.39 is 12.2 Å². The van der Waals surface area contributed by atoms with Crippen LogP contribution in [0.4, 0.5) is 5.69 Å². The smallest absolute Gasteiger partial charge is 0.256 e. The first-order valence-electron chi connectivity index (χ1n) is 8.21. The van der Waals surface area contributed by atoms with Crippen molar-refractivity contribution in [3.05, 3.63) is 47.5 Å². The zero-order valence-corrected chi connectivity index (χ0v) is 14.7. The average Bonchev–Trinajstić information content (AvgIpc) is 2.69. The number of rotatable bonds is 5. The number of nitrogens with one attached hydrogen (secondary N) is 1. The number of hydrogen-bond donors (Lipinski definition) is 2. The summed E-state index contributed by atoms with van der Waals surface area (Å²) in [6.45, 7) is 1.22. The lowest BCUT2D eigenvalue weighted by molar-refractivity contribution is -0.183. The molecule has 0 saturated carbocycles. The zero-order chi connectivity index (χ0) is 18.5. The van der Waals surface area contributed by atoms with E-state index in [0.29, 0.717) is 30.3 Å². The van der Waals surface area contributed by atoms with Crippen molar-refractivity contribution in [2.75, 3.05) is 32.8 Å². The maximum Gasteiger partial charge on any atom is 0.256 e. The first kappa shape index (κ1) is 18.0. The van der Waals surface area contributed by atoms with E-state index >= 15 is 0 Å². The highest BCUT2D eigenvalue weighted by molar-refractivity contribution is 6.05. The molecule has 1 heterocycles. The highest BCUT2D eigenvalue weighted by Crippen LogP contribution is 2.31. The summed E-state index contributed by atoms with van der Waals surface area (Å²) in [6, 6.07) is 9.69. The third-order valence-electron chi connectivity index (χ3n) is 3.98. The van der Waals surface area contributed by atoms with Crippen LogP contribution in [0, 0.1) is 0 Å². The minimum Gasteiger partial charge on any atom is -0.506 e. The van der Waals surface area contributed by atoms with Crippen molar-refractivity contribution < 1.29 is 28.8 Å². The van der Waals surface area contributed by atoms with Gasteiger partial charge in [0.1, 0.15) is 17.2 Å². The number of phenolic OH excluding ortho intramolecular Hbond substituents is 1. The van der Waals surface area contributed by atoms with Gasteiger partial charge in [0.25, 0.3) is 5.91 Å². The molecule has 0 aliphatic carbocycles. The van der Waals surface area contributed by atoms with Gasteiger partial charge in [-0.3, -0.25) is 4.79 Å². The molecule has 2 aromatic rings. The Kier molecular flexibility index (Phi) is 5.60. The number of phenols is 1. The third-order valence-corrected chi connectivity index (χ3v) is 3.98. The van der Waals surface area contributed by atoms with Crippen molar-refractivity contribution in [2.45, 2.75) is 12.7 Å². The lowest BCUT2D eigenvalue weighted by Crippen LogP contribution is -2.18. The summed E-state index contributed by atoms with van der Waals surface area (Å²) < 4.78 is 21.5. The van der Waals surface area contributed by atoms with E-state index in [1.165, 1.54) is 20.3 Å². The number of amides is 1. The van der Waals surface area contributed by atoms with Gasteiger partial charge >= 0.3 is 0 Å². The number of benzene rings is 2. The van der Waals surface area contributed by atoms with E-state index in [1.807, 2.05) is 0 Å². The molecule has 1 aliphatic heterocycles. The van der Waals surface area contributed by atoms with E-state index in [9.17, 15) is 9.90 Å². The van der Waals surface area contributed by atoms with Crippen molar-refractivity contribution in [2.24, 2.45) is 0 Å². The molecule has 2 N–H and O–H groups in total. The van der Waals surface area contributed by atoms with Gasteiger partial charge in [-0.25, -0.2) is 0 Å². The van der Waals surface area contributed by atoms with Crippen molar-refractivity contribution in [3.63, 3.8) is 0 Å². The summed E-state index contributed by atoms with van der Waals surface area (Å²) in [7, 11) is 3.02. The van der Waals surface area contributed by atoms with Gasteiger partial charge in [-0.15, -0.1) is 0 Å². The summed E-state index contributed by atoms with van der Waals surface area (Å²) >= 11 is 0. The van der Waals surface area contributed by atoms with Crippen molar-refractivity contribution in [3.8, 4) is 17.2 Å². The van der Waals surface area contributed by atoms with Gasteiger partial charge in [-0.2, -0.15) is 0 Å². The Balaban J connectivity index is 1.82. The van der Waals surface area contributed by atoms with Crippen LogP contribution in [0.3, 0.4) is 0 Å². The highest BCUT2D eigenvalue weighted by atomic mass is 16.7. The fraction of sp³-hybridized carbons (Fsp3) is 0.316. The second-order valence-corrected chi connectivity index (χ2v) is 5.76. The van der Waals surface area contributed by atoms with Crippen LogP contribution < -0.4 is 14.8 Å². The maximum absolute atomic E-state index is 12.6. The summed E-state index contributed by atoms with van der Waals surface area (Å²) in [6.07, 6.45) is 0.340. The van der Waals surface area contributed by atoms with E-state index in [2.05, 4.69) is 5.32 Å². The molecule has 0 aromatic heterocycles. The molecule has 1 aliphatic rings. The minimum absolute atomic E-state index is 0.0484. The molecule has 1 saturated heterocycles. The fourth-order valence-electron chi connectivity index (χ4n) is 2.61. The van der Waals surface area contributed by atoms with Gasteiger partial charge in [-0.05, 0) is 30.7 Å². The lowest BCUT2D eigenvalue weighted by atomic mass is 10.1. The predicted octanol–water partition coefficient (Wildman–Crippen LogP) is 3.10. The number of carbonyl (C=O) groups excluding carboxylic acids is 1. The molecule has 3 rings (SSSR count). The van der Waals surface area contributed by atoms with Crippen LogP contribution in [-0.4, -0.2) is 38.4 Å². The Bertz CT molecular complexity index is 763. The van der Waals surface area contributed by atoms with E-state index in [-0.39, 0.29) is 11.4 Å². The number of ether oxygens (including phenoxy) is 4. The SMILES string of the molecule is COc1cc(OC)cc(C(=O)Nc2cc(C3OCCCO3)ccc2O)c1. The number of carbonyl (C=O) groups is 1. The molecule has 0 unspecified atom stereocenters. The molecule has 0 radical (unpaired) electrons. The Hall–Kier alpha value is -2.77. The summed E-state index contributed by atoms with van der Waals surface area (Å²) in [4.78, 5) is 12.6. The normalized spacial score (nSPS) is 14.7. The molecular weight excluding hydrogens is 338 g/mol. The molecule has 0 atom stereocenters. The van der Waals surface area contributed by atoms with Crippen LogP contribution in [0.15, 0.2) is 36.4 Å². The second-order valence-electron chi connectivity index (χ2n) is 5.76.